The van der Waals surface area contributed by atoms with Crippen molar-refractivity contribution in [3.05, 3.63) is 24.6 Å². The van der Waals surface area contributed by atoms with Crippen LogP contribution in [-0.4, -0.2) is 12.5 Å². The van der Waals surface area contributed by atoms with Gasteiger partial charge in [-0.15, -0.1) is 0 Å². The Morgan fingerprint density at radius 3 is 0.500 bits per heavy atom. The first kappa shape index (κ1) is 93.8. The summed E-state index contributed by atoms with van der Waals surface area (Å²) in [5.74, 6) is 0. The fraction of sp³-hybridized carbons (Fsp3) is 1.00. The molecule has 0 unspecified atom stereocenters. The summed E-state index contributed by atoms with van der Waals surface area (Å²) in [5.41, 5.74) is 0. The van der Waals surface area contributed by atoms with Gasteiger partial charge in [0.05, 0.1) is 0 Å². The predicted octanol–water partition coefficient (Wildman–Crippen LogP) is 3.19. The van der Waals surface area contributed by atoms with Gasteiger partial charge in [-0.1, -0.05) is 0 Å². The van der Waals surface area contributed by atoms with Crippen LogP contribution in [0, 0.1) is 0 Å². The molecule has 0 aromatic carbocycles. The van der Waals surface area contributed by atoms with Gasteiger partial charge in [-0.05, 0) is 0 Å². The van der Waals surface area contributed by atoms with Crippen molar-refractivity contribution < 1.29 is 40.8 Å². The Bertz CT molecular complexity index is 19.2. The van der Waals surface area contributed by atoms with E-state index in [1.54, 1.807) is 12.5 Å². The van der Waals surface area contributed by atoms with Gasteiger partial charge in [-0.3, -0.25) is 0 Å². The van der Waals surface area contributed by atoms with Crippen LogP contribution in [0.5, 0.6) is 0 Å². The molecule has 8 heteroatoms. The average Bonchev–Trinajstić information content (AvgIpc) is 1.50. The van der Waals surface area contributed by atoms with Crippen molar-refractivity contribution in [2.75, 3.05) is 12.5 Å². The van der Waals surface area contributed by atoms with Crippen LogP contribution in [0.15, 0.2) is 0 Å². The van der Waals surface area contributed by atoms with E-state index >= 15 is 0 Å². The van der Waals surface area contributed by atoms with Crippen LogP contribution in [0.4, 0.5) is 0 Å². The second-order valence-electron chi connectivity index (χ2n) is 0. The molecule has 0 aliphatic rings. The smallest absolute Gasteiger partial charge is 0.796 e. The molecule has 0 amide bonds. The van der Waals surface area contributed by atoms with E-state index in [0.29, 0.717) is 0 Å². The molecule has 0 aromatic rings. The van der Waals surface area contributed by atoms with Gasteiger partial charge in [0.2, 0.25) is 0 Å². The van der Waals surface area contributed by atoms with Crippen LogP contribution < -0.4 is 0 Å². The minimum absolute atomic E-state index is 0. The van der Waals surface area contributed by atoms with Crippen molar-refractivity contribution in [1.29, 1.82) is 0 Å². The molecule has 0 aliphatic heterocycles. The molecule has 0 rings (SSSR count). The van der Waals surface area contributed by atoms with Crippen LogP contribution in [0.25, 0.3) is 24.6 Å². The molecular weight excluding hydrogens is 357 g/mol. The predicted molar refractivity (Wildman–Crippen MR) is 47.7 cm³/mol. The third-order valence-corrected chi connectivity index (χ3v) is 0. The van der Waals surface area contributed by atoms with Gasteiger partial charge >= 0.3 is 40.8 Å². The quantitative estimate of drug-likeness (QED) is 0.478. The molecule has 0 saturated carbocycles. The SMILES string of the molecule is C[S-].C[S-].[NH2-].[NH2-].[NH2-].[NH2-].[Pd+2].[Pd+2]. The number of rotatable bonds is 0. The van der Waals surface area contributed by atoms with Gasteiger partial charge in [0.15, 0.2) is 0 Å². The monoisotopic (exact) mass is 370 g/mol. The van der Waals surface area contributed by atoms with E-state index in [4.69, 9.17) is 0 Å². The molecule has 0 heterocycles. The van der Waals surface area contributed by atoms with Crippen LogP contribution in [0.2, 0.25) is 0 Å². The normalized spacial score (nSPS) is 1.20. The van der Waals surface area contributed by atoms with E-state index in [0.717, 1.165) is 0 Å². The summed E-state index contributed by atoms with van der Waals surface area (Å²) in [6, 6.07) is 0. The third-order valence-electron chi connectivity index (χ3n) is 0. The van der Waals surface area contributed by atoms with Crippen molar-refractivity contribution in [1.82, 2.24) is 0 Å². The van der Waals surface area contributed by atoms with E-state index in [-0.39, 0.29) is 65.4 Å². The Morgan fingerprint density at radius 2 is 0.500 bits per heavy atom. The summed E-state index contributed by atoms with van der Waals surface area (Å²) < 4.78 is 0. The zero-order valence-electron chi connectivity index (χ0n) is 5.76. The molecule has 0 bridgehead atoms. The van der Waals surface area contributed by atoms with Gasteiger partial charge in [0.1, 0.15) is 0 Å². The minimum atomic E-state index is 0. The van der Waals surface area contributed by atoms with Crippen molar-refractivity contribution in [2.24, 2.45) is 0 Å². The largest absolute Gasteiger partial charge is 2.00 e. The molecule has 0 aromatic heterocycles. The van der Waals surface area contributed by atoms with E-state index in [2.05, 4.69) is 25.3 Å². The first-order valence-corrected chi connectivity index (χ1v) is 2.45. The molecule has 0 radical (unpaired) electrons. The zero-order chi connectivity index (χ0) is 4.00. The fourth-order valence-electron chi connectivity index (χ4n) is 0. The summed E-state index contributed by atoms with van der Waals surface area (Å²) in [7, 11) is 0. The number of hydrogen-bond donors (Lipinski definition) is 0. The fourth-order valence-corrected chi connectivity index (χ4v) is 0. The zero-order valence-corrected chi connectivity index (χ0v) is 10.5. The van der Waals surface area contributed by atoms with Gasteiger partial charge < -0.3 is 49.9 Å². The summed E-state index contributed by atoms with van der Waals surface area (Å²) >= 11 is 8.17. The van der Waals surface area contributed by atoms with Crippen molar-refractivity contribution in [3.8, 4) is 0 Å². The summed E-state index contributed by atoms with van der Waals surface area (Å²) in [5, 5.41) is 0. The second kappa shape index (κ2) is 304. The topological polar surface area (TPSA) is 134 Å². The van der Waals surface area contributed by atoms with Gasteiger partial charge in [-0.25, -0.2) is 0 Å². The van der Waals surface area contributed by atoms with Crippen LogP contribution in [0.1, 0.15) is 0 Å². The second-order valence-corrected chi connectivity index (χ2v) is 0. The molecular formula is C2H14N4Pd2S2-2. The summed E-state index contributed by atoms with van der Waals surface area (Å²) in [6.07, 6.45) is 3.17. The maximum atomic E-state index is 4.08. The van der Waals surface area contributed by atoms with Crippen LogP contribution >= 0.6 is 0 Å². The van der Waals surface area contributed by atoms with E-state index in [9.17, 15) is 0 Å². The van der Waals surface area contributed by atoms with Crippen molar-refractivity contribution >= 4 is 25.3 Å². The Labute approximate surface area is 103 Å². The number of nitrogens with two attached hydrogens (primary N) is 4. The Kier molecular flexibility index (Phi) is 2850. The standard InChI is InChI=1S/2CH4S.4H2N.2Pd/c2*1-2;;;;;;/h2*2H,1H3;4*1H2;;/q;;4*-1;2*+2/p-2. The molecule has 0 saturated heterocycles. The molecule has 10 heavy (non-hydrogen) atoms. The maximum absolute atomic E-state index is 4.08. The summed E-state index contributed by atoms with van der Waals surface area (Å²) in [4.78, 5) is 0. The van der Waals surface area contributed by atoms with Crippen LogP contribution in [0.3, 0.4) is 0 Å². The molecule has 0 atom stereocenters. The maximum Gasteiger partial charge on any atom is 2.00 e. The van der Waals surface area contributed by atoms with Gasteiger partial charge in [0.25, 0.3) is 0 Å². The Hall–Kier alpha value is 1.86. The minimum Gasteiger partial charge on any atom is -0.796 e. The third kappa shape index (κ3) is 223. The number of hydrogen-bond acceptors (Lipinski definition) is 2. The molecule has 4 nitrogen and oxygen atoms in total. The van der Waals surface area contributed by atoms with Crippen molar-refractivity contribution in [3.63, 3.8) is 0 Å². The molecule has 0 spiro atoms. The van der Waals surface area contributed by atoms with E-state index in [1.165, 1.54) is 0 Å². The van der Waals surface area contributed by atoms with E-state index in [1.807, 2.05) is 0 Å². The molecule has 8 N–H and O–H groups in total. The molecule has 0 fully saturated rings. The first-order valence-electron chi connectivity index (χ1n) is 0.816. The average molecular weight is 371 g/mol. The van der Waals surface area contributed by atoms with Gasteiger partial charge in [0, 0.05) is 0 Å². The van der Waals surface area contributed by atoms with Crippen LogP contribution in [-0.2, 0) is 66.1 Å². The Balaban J connectivity index is -0.000000000833. The Morgan fingerprint density at radius 1 is 0.500 bits per heavy atom. The first-order chi connectivity index (χ1) is 2.00. The van der Waals surface area contributed by atoms with Crippen molar-refractivity contribution in [2.45, 2.75) is 0 Å². The van der Waals surface area contributed by atoms with Gasteiger partial charge in [-0.2, -0.15) is 12.5 Å². The van der Waals surface area contributed by atoms with E-state index < -0.39 is 0 Å². The summed E-state index contributed by atoms with van der Waals surface area (Å²) in [6.45, 7) is 0. The molecule has 76 valence electrons. The molecule has 0 aliphatic carbocycles.